The third-order valence-electron chi connectivity index (χ3n) is 5.08. The summed E-state index contributed by atoms with van der Waals surface area (Å²) in [4.78, 5) is 18.0. The average molecular weight is 348 g/mol. The lowest BCUT2D eigenvalue weighted by Gasteiger charge is -2.32. The van der Waals surface area contributed by atoms with Crippen LogP contribution in [0.2, 0.25) is 0 Å². The average Bonchev–Trinajstić information content (AvgIpc) is 3.14. The Kier molecular flexibility index (Phi) is 4.65. The lowest BCUT2D eigenvalue weighted by Crippen LogP contribution is -2.41. The monoisotopic (exact) mass is 348 g/mol. The third kappa shape index (κ3) is 3.59. The molecule has 1 amide bonds. The molecule has 0 saturated carbocycles. The number of hydrogen-bond donors (Lipinski definition) is 1. The van der Waals surface area contributed by atoms with Crippen LogP contribution in [0.15, 0.2) is 54.7 Å². The molecule has 2 heterocycles. The van der Waals surface area contributed by atoms with Crippen molar-refractivity contribution in [3.05, 3.63) is 65.9 Å². The van der Waals surface area contributed by atoms with Gasteiger partial charge in [0, 0.05) is 41.7 Å². The van der Waals surface area contributed by atoms with Gasteiger partial charge in [-0.3, -0.25) is 4.79 Å². The van der Waals surface area contributed by atoms with Crippen LogP contribution in [0.25, 0.3) is 10.9 Å². The molecule has 0 bridgehead atoms. The maximum absolute atomic E-state index is 12.9. The molecule has 0 spiro atoms. The first kappa shape index (κ1) is 16.7. The lowest BCUT2D eigenvalue weighted by atomic mass is 9.98. The van der Waals surface area contributed by atoms with Gasteiger partial charge in [-0.25, -0.2) is 0 Å². The highest BCUT2D eigenvalue weighted by molar-refractivity contribution is 5.98. The molecule has 0 unspecified atom stereocenters. The normalized spacial score (nSPS) is 17.4. The molecule has 0 radical (unpaired) electrons. The van der Waals surface area contributed by atoms with Crippen molar-refractivity contribution in [3.63, 3.8) is 0 Å². The van der Waals surface area contributed by atoms with E-state index in [1.54, 1.807) is 0 Å². The maximum atomic E-state index is 12.9. The SMILES string of the molecule is Cc1cccc(OC[C@@H]2CCCN(C(=O)c3ccc4[nH]ccc4c3)C2)c1. The molecule has 4 heteroatoms. The molecular weight excluding hydrogens is 324 g/mol. The molecule has 134 valence electrons. The molecule has 2 aromatic carbocycles. The number of carbonyl (C=O) groups is 1. The summed E-state index contributed by atoms with van der Waals surface area (Å²) >= 11 is 0. The highest BCUT2D eigenvalue weighted by Gasteiger charge is 2.25. The number of piperidine rings is 1. The predicted octanol–water partition coefficient (Wildman–Crippen LogP) is 4.41. The Bertz CT molecular complexity index is 915. The van der Waals surface area contributed by atoms with Gasteiger partial charge >= 0.3 is 0 Å². The first-order valence-electron chi connectivity index (χ1n) is 9.25. The van der Waals surface area contributed by atoms with E-state index in [2.05, 4.69) is 24.0 Å². The van der Waals surface area contributed by atoms with Crippen molar-refractivity contribution >= 4 is 16.8 Å². The first-order valence-corrected chi connectivity index (χ1v) is 9.25. The van der Waals surface area contributed by atoms with E-state index >= 15 is 0 Å². The summed E-state index contributed by atoms with van der Waals surface area (Å²) in [5.41, 5.74) is 3.02. The Morgan fingerprint density at radius 2 is 2.15 bits per heavy atom. The molecule has 4 rings (SSSR count). The number of benzene rings is 2. The molecular formula is C22H24N2O2. The number of nitrogens with zero attached hydrogens (tertiary/aromatic N) is 1. The van der Waals surface area contributed by atoms with E-state index in [0.29, 0.717) is 12.5 Å². The zero-order chi connectivity index (χ0) is 17.9. The number of hydrogen-bond acceptors (Lipinski definition) is 2. The predicted molar refractivity (Wildman–Crippen MR) is 104 cm³/mol. The zero-order valence-corrected chi connectivity index (χ0v) is 15.1. The minimum absolute atomic E-state index is 0.119. The van der Waals surface area contributed by atoms with Gasteiger partial charge in [-0.15, -0.1) is 0 Å². The number of aromatic nitrogens is 1. The van der Waals surface area contributed by atoms with Crippen molar-refractivity contribution < 1.29 is 9.53 Å². The standard InChI is InChI=1S/C22H24N2O2/c1-16-4-2-6-20(12-16)26-15-17-5-3-11-24(14-17)22(25)19-7-8-21-18(13-19)9-10-23-21/h2,4,6-10,12-13,17,23H,3,5,11,14-15H2,1H3/t17-/m1/s1. The smallest absolute Gasteiger partial charge is 0.253 e. The second-order valence-electron chi connectivity index (χ2n) is 7.17. The van der Waals surface area contributed by atoms with Gasteiger partial charge in [0.25, 0.3) is 5.91 Å². The third-order valence-corrected chi connectivity index (χ3v) is 5.08. The van der Waals surface area contributed by atoms with Crippen LogP contribution < -0.4 is 4.74 Å². The number of amides is 1. The molecule has 3 aromatic rings. The van der Waals surface area contributed by atoms with Crippen molar-refractivity contribution in [1.29, 1.82) is 0 Å². The van der Waals surface area contributed by atoms with E-state index in [0.717, 1.165) is 48.1 Å². The molecule has 1 N–H and O–H groups in total. The maximum Gasteiger partial charge on any atom is 0.253 e. The number of carbonyl (C=O) groups excluding carboxylic acids is 1. The Morgan fingerprint density at radius 3 is 3.04 bits per heavy atom. The second kappa shape index (κ2) is 7.24. The first-order chi connectivity index (χ1) is 12.7. The summed E-state index contributed by atoms with van der Waals surface area (Å²) < 4.78 is 5.97. The van der Waals surface area contributed by atoms with Gasteiger partial charge in [0.1, 0.15) is 5.75 Å². The molecule has 1 saturated heterocycles. The number of aryl methyl sites for hydroxylation is 1. The topological polar surface area (TPSA) is 45.3 Å². The van der Waals surface area contributed by atoms with Crippen LogP contribution >= 0.6 is 0 Å². The summed E-state index contributed by atoms with van der Waals surface area (Å²) in [5.74, 6) is 1.41. The summed E-state index contributed by atoms with van der Waals surface area (Å²) in [6.07, 6.45) is 4.03. The van der Waals surface area contributed by atoms with Gasteiger partial charge in [-0.1, -0.05) is 12.1 Å². The van der Waals surface area contributed by atoms with E-state index in [4.69, 9.17) is 4.74 Å². The molecule has 1 atom stereocenters. The van der Waals surface area contributed by atoms with Crippen LogP contribution in [-0.2, 0) is 0 Å². The van der Waals surface area contributed by atoms with Crippen LogP contribution in [0.4, 0.5) is 0 Å². The minimum Gasteiger partial charge on any atom is -0.493 e. The van der Waals surface area contributed by atoms with Gasteiger partial charge in [0.2, 0.25) is 0 Å². The highest BCUT2D eigenvalue weighted by Crippen LogP contribution is 2.22. The summed E-state index contributed by atoms with van der Waals surface area (Å²) in [6, 6.07) is 16.0. The molecule has 0 aliphatic carbocycles. The number of aromatic amines is 1. The van der Waals surface area contributed by atoms with Crippen LogP contribution in [0.1, 0.15) is 28.8 Å². The van der Waals surface area contributed by atoms with Crippen LogP contribution in [0, 0.1) is 12.8 Å². The molecule has 4 nitrogen and oxygen atoms in total. The molecule has 26 heavy (non-hydrogen) atoms. The number of likely N-dealkylation sites (tertiary alicyclic amines) is 1. The fraction of sp³-hybridized carbons (Fsp3) is 0.318. The molecule has 1 aliphatic heterocycles. The largest absolute Gasteiger partial charge is 0.493 e. The molecule has 1 fully saturated rings. The Hall–Kier alpha value is -2.75. The summed E-state index contributed by atoms with van der Waals surface area (Å²) in [5, 5.41) is 1.08. The van der Waals surface area contributed by atoms with Gasteiger partial charge in [-0.2, -0.15) is 0 Å². The van der Waals surface area contributed by atoms with E-state index < -0.39 is 0 Å². The van der Waals surface area contributed by atoms with Crippen molar-refractivity contribution in [2.45, 2.75) is 19.8 Å². The number of fused-ring (bicyclic) bond motifs is 1. The van der Waals surface area contributed by atoms with Crippen molar-refractivity contribution in [3.8, 4) is 5.75 Å². The van der Waals surface area contributed by atoms with Gasteiger partial charge in [-0.05, 0) is 61.7 Å². The van der Waals surface area contributed by atoms with Gasteiger partial charge in [0.15, 0.2) is 0 Å². The summed E-state index contributed by atoms with van der Waals surface area (Å²) in [6.45, 7) is 4.31. The van der Waals surface area contributed by atoms with Gasteiger partial charge in [0.05, 0.1) is 6.61 Å². The van der Waals surface area contributed by atoms with Crippen LogP contribution in [0.5, 0.6) is 5.75 Å². The molecule has 1 aromatic heterocycles. The number of nitrogens with one attached hydrogen (secondary N) is 1. The number of rotatable bonds is 4. The van der Waals surface area contributed by atoms with Crippen LogP contribution in [0.3, 0.4) is 0 Å². The van der Waals surface area contributed by atoms with E-state index in [9.17, 15) is 4.79 Å². The fourth-order valence-corrected chi connectivity index (χ4v) is 3.67. The highest BCUT2D eigenvalue weighted by atomic mass is 16.5. The van der Waals surface area contributed by atoms with Crippen molar-refractivity contribution in [2.75, 3.05) is 19.7 Å². The van der Waals surface area contributed by atoms with Crippen LogP contribution in [-0.4, -0.2) is 35.5 Å². The fourth-order valence-electron chi connectivity index (χ4n) is 3.67. The summed E-state index contributed by atoms with van der Waals surface area (Å²) in [7, 11) is 0. The Morgan fingerprint density at radius 1 is 1.23 bits per heavy atom. The quantitative estimate of drug-likeness (QED) is 0.759. The second-order valence-corrected chi connectivity index (χ2v) is 7.17. The number of H-pyrrole nitrogens is 1. The minimum atomic E-state index is 0.119. The van der Waals surface area contributed by atoms with Gasteiger partial charge < -0.3 is 14.6 Å². The van der Waals surface area contributed by atoms with Crippen molar-refractivity contribution in [1.82, 2.24) is 9.88 Å². The Balaban J connectivity index is 1.40. The van der Waals surface area contributed by atoms with Crippen molar-refractivity contribution in [2.24, 2.45) is 5.92 Å². The lowest BCUT2D eigenvalue weighted by molar-refractivity contribution is 0.0633. The van der Waals surface area contributed by atoms with E-state index in [1.807, 2.05) is 47.5 Å². The van der Waals surface area contributed by atoms with E-state index in [1.165, 1.54) is 5.56 Å². The molecule has 1 aliphatic rings. The van der Waals surface area contributed by atoms with E-state index in [-0.39, 0.29) is 5.91 Å². The zero-order valence-electron chi connectivity index (χ0n) is 15.1. The number of ether oxygens (including phenoxy) is 1. The Labute approximate surface area is 153 Å².